The van der Waals surface area contributed by atoms with Crippen LogP contribution in [0.15, 0.2) is 29.8 Å². The molecule has 4 nitrogen and oxygen atoms in total. The summed E-state index contributed by atoms with van der Waals surface area (Å²) in [4.78, 5) is 10.6. The molecule has 114 valence electrons. The number of thiazole rings is 1. The third kappa shape index (κ3) is 2.30. The molecule has 0 radical (unpaired) electrons. The van der Waals surface area contributed by atoms with Gasteiger partial charge in [-0.2, -0.15) is 0 Å². The van der Waals surface area contributed by atoms with Gasteiger partial charge in [0, 0.05) is 41.1 Å². The Balaban J connectivity index is 1.72. The SMILES string of the molecule is CCc1cccc2c(-c3csc(N4CCOCC4)n3)c[nH]c12. The highest BCUT2D eigenvalue weighted by atomic mass is 32.1. The lowest BCUT2D eigenvalue weighted by Gasteiger charge is -2.25. The Morgan fingerprint density at radius 3 is 3.00 bits per heavy atom. The Labute approximate surface area is 133 Å². The summed E-state index contributed by atoms with van der Waals surface area (Å²) in [5.74, 6) is 0. The van der Waals surface area contributed by atoms with E-state index in [1.54, 1.807) is 11.3 Å². The molecule has 1 N–H and O–H groups in total. The third-order valence-corrected chi connectivity index (χ3v) is 5.13. The molecule has 5 heteroatoms. The second-order valence-electron chi connectivity index (χ2n) is 5.51. The Bertz CT molecular complexity index is 786. The quantitative estimate of drug-likeness (QED) is 0.802. The summed E-state index contributed by atoms with van der Waals surface area (Å²) in [7, 11) is 0. The predicted molar refractivity (Wildman–Crippen MR) is 91.8 cm³/mol. The van der Waals surface area contributed by atoms with Gasteiger partial charge in [-0.25, -0.2) is 4.98 Å². The molecule has 3 heterocycles. The number of hydrogen-bond donors (Lipinski definition) is 1. The average molecular weight is 313 g/mol. The fourth-order valence-electron chi connectivity index (χ4n) is 3.01. The number of nitrogens with one attached hydrogen (secondary N) is 1. The number of nitrogens with zero attached hydrogens (tertiary/aromatic N) is 2. The van der Waals surface area contributed by atoms with Crippen molar-refractivity contribution in [3.63, 3.8) is 0 Å². The van der Waals surface area contributed by atoms with Gasteiger partial charge in [0.1, 0.15) is 0 Å². The third-order valence-electron chi connectivity index (χ3n) is 4.23. The van der Waals surface area contributed by atoms with Gasteiger partial charge in [0.2, 0.25) is 0 Å². The second-order valence-corrected chi connectivity index (χ2v) is 6.35. The minimum Gasteiger partial charge on any atom is -0.378 e. The zero-order chi connectivity index (χ0) is 14.9. The molecule has 0 spiro atoms. The molecule has 0 saturated carbocycles. The number of hydrogen-bond acceptors (Lipinski definition) is 4. The molecule has 1 fully saturated rings. The van der Waals surface area contributed by atoms with Gasteiger partial charge in [0.15, 0.2) is 5.13 Å². The van der Waals surface area contributed by atoms with Crippen molar-refractivity contribution in [1.82, 2.24) is 9.97 Å². The van der Waals surface area contributed by atoms with Crippen molar-refractivity contribution in [2.75, 3.05) is 31.2 Å². The Hall–Kier alpha value is -1.85. The van der Waals surface area contributed by atoms with E-state index in [2.05, 4.69) is 46.6 Å². The summed E-state index contributed by atoms with van der Waals surface area (Å²) < 4.78 is 5.41. The minimum absolute atomic E-state index is 0.794. The van der Waals surface area contributed by atoms with E-state index in [0.29, 0.717) is 0 Å². The van der Waals surface area contributed by atoms with Crippen LogP contribution in [0.25, 0.3) is 22.2 Å². The average Bonchev–Trinajstić information content (AvgIpc) is 3.22. The molecule has 0 bridgehead atoms. The zero-order valence-corrected chi connectivity index (χ0v) is 13.4. The minimum atomic E-state index is 0.794. The Morgan fingerprint density at radius 2 is 2.18 bits per heavy atom. The molecular formula is C17H19N3OS. The Morgan fingerprint density at radius 1 is 1.32 bits per heavy atom. The molecule has 1 aliphatic rings. The van der Waals surface area contributed by atoms with Gasteiger partial charge in [-0.15, -0.1) is 11.3 Å². The van der Waals surface area contributed by atoms with Crippen molar-refractivity contribution >= 4 is 27.4 Å². The molecule has 0 atom stereocenters. The van der Waals surface area contributed by atoms with E-state index < -0.39 is 0 Å². The van der Waals surface area contributed by atoms with Crippen molar-refractivity contribution < 1.29 is 4.74 Å². The molecule has 1 aliphatic heterocycles. The van der Waals surface area contributed by atoms with Crippen LogP contribution in [-0.2, 0) is 11.2 Å². The number of morpholine rings is 1. The van der Waals surface area contributed by atoms with Gasteiger partial charge >= 0.3 is 0 Å². The molecule has 0 unspecified atom stereocenters. The standard InChI is InChI=1S/C17H19N3OS/c1-2-12-4-3-5-13-14(10-18-16(12)13)15-11-22-17(19-15)20-6-8-21-9-7-20/h3-5,10-11,18H,2,6-9H2,1H3. The second kappa shape index (κ2) is 5.74. The molecule has 2 aromatic heterocycles. The normalized spacial score (nSPS) is 15.6. The number of benzene rings is 1. The van der Waals surface area contributed by atoms with Crippen LogP contribution >= 0.6 is 11.3 Å². The maximum atomic E-state index is 5.41. The number of para-hydroxylation sites is 1. The highest BCUT2D eigenvalue weighted by Crippen LogP contribution is 2.33. The highest BCUT2D eigenvalue weighted by molar-refractivity contribution is 7.14. The van der Waals surface area contributed by atoms with Crippen molar-refractivity contribution in [3.05, 3.63) is 35.3 Å². The summed E-state index contributed by atoms with van der Waals surface area (Å²) >= 11 is 1.72. The van der Waals surface area contributed by atoms with Crippen LogP contribution in [0.3, 0.4) is 0 Å². The van der Waals surface area contributed by atoms with E-state index in [-0.39, 0.29) is 0 Å². The molecule has 0 aliphatic carbocycles. The van der Waals surface area contributed by atoms with Crippen LogP contribution in [0.5, 0.6) is 0 Å². The van der Waals surface area contributed by atoms with E-state index in [0.717, 1.165) is 43.5 Å². The first-order valence-corrected chi connectivity index (χ1v) is 8.62. The smallest absolute Gasteiger partial charge is 0.186 e. The summed E-state index contributed by atoms with van der Waals surface area (Å²) in [5.41, 5.74) is 4.85. The molecule has 1 saturated heterocycles. The number of fused-ring (bicyclic) bond motifs is 1. The maximum Gasteiger partial charge on any atom is 0.186 e. The van der Waals surface area contributed by atoms with Crippen molar-refractivity contribution in [2.24, 2.45) is 0 Å². The van der Waals surface area contributed by atoms with E-state index in [1.807, 2.05) is 0 Å². The zero-order valence-electron chi connectivity index (χ0n) is 12.6. The van der Waals surface area contributed by atoms with Gasteiger partial charge < -0.3 is 14.6 Å². The molecular weight excluding hydrogens is 294 g/mol. The Kier molecular flexibility index (Phi) is 3.60. The van der Waals surface area contributed by atoms with Gasteiger partial charge in [0.25, 0.3) is 0 Å². The highest BCUT2D eigenvalue weighted by Gasteiger charge is 2.17. The lowest BCUT2D eigenvalue weighted by molar-refractivity contribution is 0.122. The number of H-pyrrole nitrogens is 1. The van der Waals surface area contributed by atoms with Crippen molar-refractivity contribution in [2.45, 2.75) is 13.3 Å². The van der Waals surface area contributed by atoms with E-state index in [1.165, 1.54) is 22.0 Å². The summed E-state index contributed by atoms with van der Waals surface area (Å²) in [6.07, 6.45) is 3.12. The monoisotopic (exact) mass is 313 g/mol. The lowest BCUT2D eigenvalue weighted by atomic mass is 10.1. The van der Waals surface area contributed by atoms with Gasteiger partial charge in [-0.05, 0) is 12.0 Å². The molecule has 0 amide bonds. The van der Waals surface area contributed by atoms with Crippen LogP contribution in [0, 0.1) is 0 Å². The number of anilines is 1. The lowest BCUT2D eigenvalue weighted by Crippen LogP contribution is -2.36. The number of ether oxygens (including phenoxy) is 1. The first-order chi connectivity index (χ1) is 10.9. The van der Waals surface area contributed by atoms with Crippen molar-refractivity contribution in [3.8, 4) is 11.3 Å². The number of aromatic amines is 1. The largest absolute Gasteiger partial charge is 0.378 e. The van der Waals surface area contributed by atoms with Crippen LogP contribution in [0.1, 0.15) is 12.5 Å². The van der Waals surface area contributed by atoms with E-state index in [4.69, 9.17) is 9.72 Å². The van der Waals surface area contributed by atoms with Gasteiger partial charge in [-0.1, -0.05) is 25.1 Å². The molecule has 4 rings (SSSR count). The maximum absolute atomic E-state index is 5.41. The van der Waals surface area contributed by atoms with Gasteiger partial charge in [0.05, 0.1) is 18.9 Å². The fraction of sp³-hybridized carbons (Fsp3) is 0.353. The first kappa shape index (κ1) is 13.8. The topological polar surface area (TPSA) is 41.1 Å². The van der Waals surface area contributed by atoms with Crippen LogP contribution in [-0.4, -0.2) is 36.3 Å². The fourth-order valence-corrected chi connectivity index (χ4v) is 3.89. The molecule has 22 heavy (non-hydrogen) atoms. The molecule has 1 aromatic carbocycles. The summed E-state index contributed by atoms with van der Waals surface area (Å²) in [5, 5.41) is 4.52. The summed E-state index contributed by atoms with van der Waals surface area (Å²) in [6, 6.07) is 6.49. The van der Waals surface area contributed by atoms with E-state index in [9.17, 15) is 0 Å². The molecule has 3 aromatic rings. The van der Waals surface area contributed by atoms with Crippen LogP contribution in [0.2, 0.25) is 0 Å². The van der Waals surface area contributed by atoms with Crippen LogP contribution in [0.4, 0.5) is 5.13 Å². The van der Waals surface area contributed by atoms with E-state index >= 15 is 0 Å². The van der Waals surface area contributed by atoms with Crippen molar-refractivity contribution in [1.29, 1.82) is 0 Å². The number of rotatable bonds is 3. The predicted octanol–water partition coefficient (Wildman–Crippen LogP) is 3.69. The first-order valence-electron chi connectivity index (χ1n) is 7.74. The van der Waals surface area contributed by atoms with Gasteiger partial charge in [-0.3, -0.25) is 0 Å². The summed E-state index contributed by atoms with van der Waals surface area (Å²) in [6.45, 7) is 5.64. The number of aromatic nitrogens is 2. The number of aryl methyl sites for hydroxylation is 1. The van der Waals surface area contributed by atoms with Crippen LogP contribution < -0.4 is 4.90 Å².